The highest BCUT2D eigenvalue weighted by atomic mass is 79.9. The van der Waals surface area contributed by atoms with Gasteiger partial charge in [-0.2, -0.15) is 0 Å². The molecule has 0 saturated carbocycles. The van der Waals surface area contributed by atoms with Gasteiger partial charge < -0.3 is 9.30 Å². The molecule has 0 aliphatic rings. The predicted molar refractivity (Wildman–Crippen MR) is 120 cm³/mol. The highest BCUT2D eigenvalue weighted by molar-refractivity contribution is 9.10. The molecule has 4 aromatic carbocycles. The maximum atomic E-state index is 14.6. The van der Waals surface area contributed by atoms with Crippen molar-refractivity contribution < 1.29 is 9.30 Å². The van der Waals surface area contributed by atoms with Crippen LogP contribution in [0.5, 0.6) is 11.5 Å². The molecule has 0 N–H and O–H groups in total. The van der Waals surface area contributed by atoms with Crippen molar-refractivity contribution in [2.75, 3.05) is 0 Å². The van der Waals surface area contributed by atoms with Crippen molar-refractivity contribution in [3.05, 3.63) is 114 Å². The fourth-order valence-electron chi connectivity index (χ4n) is 3.14. The third-order valence-electron chi connectivity index (χ3n) is 4.49. The van der Waals surface area contributed by atoms with Crippen LogP contribution in [-0.4, -0.2) is 0 Å². The molecule has 4 heteroatoms. The van der Waals surface area contributed by atoms with Crippen LogP contribution in [0.4, 0.5) is 0 Å². The molecular weight excluding hydrogens is 431 g/mol. The molecular formula is C24H18BrO2P. The van der Waals surface area contributed by atoms with E-state index in [2.05, 4.69) is 15.9 Å². The zero-order valence-corrected chi connectivity index (χ0v) is 17.5. The summed E-state index contributed by atoms with van der Waals surface area (Å²) in [5, 5.41) is 2.26. The lowest BCUT2D eigenvalue weighted by molar-refractivity contribution is 0.486. The zero-order chi connectivity index (χ0) is 19.4. The molecule has 0 aliphatic carbocycles. The number of ether oxygens (including phenoxy) is 1. The Morgan fingerprint density at radius 2 is 1.11 bits per heavy atom. The van der Waals surface area contributed by atoms with Gasteiger partial charge in [0.1, 0.15) is 11.5 Å². The molecule has 28 heavy (non-hydrogen) atoms. The zero-order valence-electron chi connectivity index (χ0n) is 15.0. The smallest absolute Gasteiger partial charge is 0.174 e. The van der Waals surface area contributed by atoms with Crippen molar-refractivity contribution >= 4 is 39.0 Å². The van der Waals surface area contributed by atoms with Crippen LogP contribution in [-0.2, 0) is 4.57 Å². The number of hydrogen-bond donors (Lipinski definition) is 0. The second-order valence-corrected chi connectivity index (χ2v) is 9.95. The summed E-state index contributed by atoms with van der Waals surface area (Å²) in [6, 6.07) is 34.4. The molecule has 0 saturated heterocycles. The molecule has 0 bridgehead atoms. The summed E-state index contributed by atoms with van der Waals surface area (Å²) in [5.41, 5.74) is 0. The van der Waals surface area contributed by atoms with E-state index in [1.807, 2.05) is 109 Å². The van der Waals surface area contributed by atoms with Gasteiger partial charge in [-0.25, -0.2) is 0 Å². The Bertz CT molecular complexity index is 1070. The van der Waals surface area contributed by atoms with E-state index in [9.17, 15) is 4.57 Å². The van der Waals surface area contributed by atoms with Crippen LogP contribution >= 0.6 is 23.1 Å². The Hall–Kier alpha value is -2.61. The standard InChI is InChI=1S/C24H18BrO2P/c25-19-15-17-20(18-16-19)27-23-13-7-8-14-24(23)28(26,21-9-3-1-4-10-21)22-11-5-2-6-12-22/h1-18H. The van der Waals surface area contributed by atoms with Crippen molar-refractivity contribution in [2.24, 2.45) is 0 Å². The van der Waals surface area contributed by atoms with E-state index in [4.69, 9.17) is 4.74 Å². The molecule has 0 heterocycles. The first-order chi connectivity index (χ1) is 13.7. The maximum Gasteiger partial charge on any atom is 0.174 e. The Morgan fingerprint density at radius 1 is 0.607 bits per heavy atom. The van der Waals surface area contributed by atoms with Gasteiger partial charge in [-0.15, -0.1) is 0 Å². The van der Waals surface area contributed by atoms with E-state index in [1.54, 1.807) is 0 Å². The van der Waals surface area contributed by atoms with E-state index >= 15 is 0 Å². The molecule has 4 rings (SSSR count). The second kappa shape index (κ2) is 8.18. The molecule has 0 aliphatic heterocycles. The van der Waals surface area contributed by atoms with Crippen molar-refractivity contribution in [3.8, 4) is 11.5 Å². The van der Waals surface area contributed by atoms with E-state index in [0.717, 1.165) is 15.1 Å². The van der Waals surface area contributed by atoms with Crippen LogP contribution in [0.25, 0.3) is 0 Å². The topological polar surface area (TPSA) is 26.3 Å². The molecule has 2 nitrogen and oxygen atoms in total. The van der Waals surface area contributed by atoms with Crippen LogP contribution < -0.4 is 20.7 Å². The van der Waals surface area contributed by atoms with Gasteiger partial charge in [-0.05, 0) is 36.4 Å². The largest absolute Gasteiger partial charge is 0.457 e. The van der Waals surface area contributed by atoms with Crippen LogP contribution in [0.1, 0.15) is 0 Å². The van der Waals surface area contributed by atoms with E-state index in [-0.39, 0.29) is 0 Å². The molecule has 138 valence electrons. The van der Waals surface area contributed by atoms with E-state index in [0.29, 0.717) is 16.8 Å². The van der Waals surface area contributed by atoms with Crippen LogP contribution in [0, 0.1) is 0 Å². The number of hydrogen-bond acceptors (Lipinski definition) is 2. The summed E-state index contributed by atoms with van der Waals surface area (Å²) in [5.74, 6) is 1.30. The van der Waals surface area contributed by atoms with Gasteiger partial charge >= 0.3 is 0 Å². The molecule has 0 fully saturated rings. The second-order valence-electron chi connectivity index (χ2n) is 6.30. The van der Waals surface area contributed by atoms with Gasteiger partial charge in [-0.3, -0.25) is 0 Å². The maximum absolute atomic E-state index is 14.6. The minimum absolute atomic E-state index is 0.598. The van der Waals surface area contributed by atoms with Gasteiger partial charge in [-0.1, -0.05) is 88.7 Å². The molecule has 0 atom stereocenters. The number of halogens is 1. The van der Waals surface area contributed by atoms with Crippen molar-refractivity contribution in [3.63, 3.8) is 0 Å². The fraction of sp³-hybridized carbons (Fsp3) is 0. The van der Waals surface area contributed by atoms with Crippen molar-refractivity contribution in [2.45, 2.75) is 0 Å². The lowest BCUT2D eigenvalue weighted by Gasteiger charge is -2.22. The average molecular weight is 449 g/mol. The summed E-state index contributed by atoms with van der Waals surface area (Å²) < 4.78 is 21.7. The van der Waals surface area contributed by atoms with Crippen molar-refractivity contribution in [1.82, 2.24) is 0 Å². The lowest BCUT2D eigenvalue weighted by atomic mass is 10.3. The van der Waals surface area contributed by atoms with Gasteiger partial charge in [0.05, 0.1) is 5.30 Å². The summed E-state index contributed by atoms with van der Waals surface area (Å²) in [7, 11) is -3.09. The van der Waals surface area contributed by atoms with E-state index in [1.165, 1.54) is 0 Å². The number of rotatable bonds is 5. The normalized spacial score (nSPS) is 11.2. The van der Waals surface area contributed by atoms with Crippen LogP contribution in [0.2, 0.25) is 0 Å². The number of benzene rings is 4. The molecule has 0 unspecified atom stereocenters. The Morgan fingerprint density at radius 3 is 1.68 bits per heavy atom. The molecule has 0 amide bonds. The Labute approximate surface area is 173 Å². The third-order valence-corrected chi connectivity index (χ3v) is 8.11. The van der Waals surface area contributed by atoms with E-state index < -0.39 is 7.14 Å². The molecule has 0 spiro atoms. The lowest BCUT2D eigenvalue weighted by Crippen LogP contribution is -2.25. The summed E-state index contributed by atoms with van der Waals surface area (Å²) >= 11 is 3.44. The Kier molecular flexibility index (Phi) is 5.47. The average Bonchev–Trinajstić information content (AvgIpc) is 2.76. The van der Waals surface area contributed by atoms with Gasteiger partial charge in [0.25, 0.3) is 0 Å². The highest BCUT2D eigenvalue weighted by Gasteiger charge is 2.32. The molecule has 4 aromatic rings. The quantitative estimate of drug-likeness (QED) is 0.356. The highest BCUT2D eigenvalue weighted by Crippen LogP contribution is 2.45. The monoisotopic (exact) mass is 448 g/mol. The summed E-state index contributed by atoms with van der Waals surface area (Å²) in [6.45, 7) is 0. The molecule has 0 radical (unpaired) electrons. The first-order valence-corrected chi connectivity index (χ1v) is 11.4. The third kappa shape index (κ3) is 3.69. The Balaban J connectivity index is 1.89. The summed E-state index contributed by atoms with van der Waals surface area (Å²) in [4.78, 5) is 0. The predicted octanol–water partition coefficient (Wildman–Crippen LogP) is 5.88. The van der Waals surface area contributed by atoms with Crippen LogP contribution in [0.15, 0.2) is 114 Å². The minimum atomic E-state index is -3.09. The number of para-hydroxylation sites is 1. The fourth-order valence-corrected chi connectivity index (χ4v) is 6.17. The first-order valence-electron chi connectivity index (χ1n) is 8.92. The van der Waals surface area contributed by atoms with Gasteiger partial charge in [0.2, 0.25) is 0 Å². The van der Waals surface area contributed by atoms with Crippen LogP contribution in [0.3, 0.4) is 0 Å². The first kappa shape index (κ1) is 18.7. The van der Waals surface area contributed by atoms with Gasteiger partial charge in [0.15, 0.2) is 7.14 Å². The van der Waals surface area contributed by atoms with Gasteiger partial charge in [0, 0.05) is 15.1 Å². The minimum Gasteiger partial charge on any atom is -0.457 e. The molecule has 0 aromatic heterocycles. The van der Waals surface area contributed by atoms with Crippen molar-refractivity contribution in [1.29, 1.82) is 0 Å². The summed E-state index contributed by atoms with van der Waals surface area (Å²) in [6.07, 6.45) is 0. The SMILES string of the molecule is O=P(c1ccccc1)(c1ccccc1)c1ccccc1Oc1ccc(Br)cc1.